The molecule has 7 nitrogen and oxygen atoms in total. The number of hydrogen-bond donors (Lipinski definition) is 2. The fourth-order valence-electron chi connectivity index (χ4n) is 2.42. The van der Waals surface area contributed by atoms with Crippen LogP contribution in [0, 0.1) is 0 Å². The van der Waals surface area contributed by atoms with Gasteiger partial charge in [0.05, 0.1) is 18.9 Å². The van der Waals surface area contributed by atoms with Gasteiger partial charge in [-0.1, -0.05) is 6.42 Å². The molecule has 1 fully saturated rings. The van der Waals surface area contributed by atoms with Crippen LogP contribution < -0.4 is 5.32 Å². The molecule has 0 saturated carbocycles. The summed E-state index contributed by atoms with van der Waals surface area (Å²) in [6.45, 7) is 0.610. The largest absolute Gasteiger partial charge is 0.396 e. The van der Waals surface area contributed by atoms with E-state index < -0.39 is 16.1 Å². The monoisotopic (exact) mass is 308 g/mol. The van der Waals surface area contributed by atoms with Crippen LogP contribution in [-0.2, 0) is 19.6 Å². The molecule has 1 amide bonds. The first-order chi connectivity index (χ1) is 9.40. The molecule has 0 aromatic carbocycles. The van der Waals surface area contributed by atoms with Crippen LogP contribution in [-0.4, -0.2) is 68.9 Å². The molecular weight excluding hydrogens is 284 g/mol. The predicted molar refractivity (Wildman–Crippen MR) is 74.7 cm³/mol. The molecule has 20 heavy (non-hydrogen) atoms. The van der Waals surface area contributed by atoms with Crippen LogP contribution in [0.15, 0.2) is 0 Å². The number of hydrogen-bond acceptors (Lipinski definition) is 5. The summed E-state index contributed by atoms with van der Waals surface area (Å²) in [6, 6.07) is -0.961. The molecule has 0 spiro atoms. The molecule has 2 unspecified atom stereocenters. The third kappa shape index (κ3) is 5.01. The Kier molecular flexibility index (Phi) is 6.87. The van der Waals surface area contributed by atoms with E-state index in [2.05, 4.69) is 5.32 Å². The molecule has 1 saturated heterocycles. The van der Waals surface area contributed by atoms with Gasteiger partial charge in [-0.05, 0) is 19.3 Å². The highest BCUT2D eigenvalue weighted by atomic mass is 32.2. The fraction of sp³-hybridized carbons (Fsp3) is 0.917. The molecule has 0 bridgehead atoms. The van der Waals surface area contributed by atoms with Crippen LogP contribution in [0.25, 0.3) is 0 Å². The summed E-state index contributed by atoms with van der Waals surface area (Å²) in [5.74, 6) is -0.314. The number of nitrogens with zero attached hydrogens (tertiary/aromatic N) is 1. The standard InChI is InChI=1S/C12H24N2O5S/c1-19-9-10(6-8-15)13-12(16)11-5-3-4-7-14(11)20(2,17)18/h10-11,15H,3-9H2,1-2H3,(H,13,16). The van der Waals surface area contributed by atoms with Crippen LogP contribution in [0.4, 0.5) is 0 Å². The molecule has 1 aliphatic rings. The Morgan fingerprint density at radius 3 is 2.75 bits per heavy atom. The Bertz CT molecular complexity index is 406. The van der Waals surface area contributed by atoms with Crippen molar-refractivity contribution in [2.45, 2.75) is 37.8 Å². The van der Waals surface area contributed by atoms with Gasteiger partial charge in [-0.2, -0.15) is 4.31 Å². The van der Waals surface area contributed by atoms with Gasteiger partial charge in [-0.15, -0.1) is 0 Å². The Hall–Kier alpha value is -0.700. The van der Waals surface area contributed by atoms with Crippen LogP contribution in [0.2, 0.25) is 0 Å². The molecule has 0 aliphatic carbocycles. The lowest BCUT2D eigenvalue weighted by Crippen LogP contribution is -2.54. The maximum atomic E-state index is 12.3. The molecule has 0 aromatic rings. The smallest absolute Gasteiger partial charge is 0.238 e. The highest BCUT2D eigenvalue weighted by Crippen LogP contribution is 2.20. The summed E-state index contributed by atoms with van der Waals surface area (Å²) in [4.78, 5) is 12.3. The fourth-order valence-corrected chi connectivity index (χ4v) is 3.54. The molecule has 0 aromatic heterocycles. The summed E-state index contributed by atoms with van der Waals surface area (Å²) >= 11 is 0. The van der Waals surface area contributed by atoms with Crippen LogP contribution >= 0.6 is 0 Å². The van der Waals surface area contributed by atoms with Gasteiger partial charge in [0.25, 0.3) is 0 Å². The first-order valence-corrected chi connectivity index (χ1v) is 8.62. The Labute approximate surface area is 120 Å². The number of aliphatic hydroxyl groups excluding tert-OH is 1. The summed E-state index contributed by atoms with van der Waals surface area (Å²) in [6.07, 6.45) is 3.63. The van der Waals surface area contributed by atoms with Crippen molar-refractivity contribution in [2.24, 2.45) is 0 Å². The Morgan fingerprint density at radius 1 is 1.50 bits per heavy atom. The van der Waals surface area contributed by atoms with Gasteiger partial charge >= 0.3 is 0 Å². The molecule has 2 atom stereocenters. The van der Waals surface area contributed by atoms with E-state index in [-0.39, 0.29) is 25.2 Å². The second-order valence-corrected chi connectivity index (χ2v) is 6.99. The summed E-state index contributed by atoms with van der Waals surface area (Å²) in [5, 5.41) is 11.7. The normalized spacial score (nSPS) is 22.4. The van der Waals surface area contributed by atoms with E-state index in [1.54, 1.807) is 0 Å². The number of sulfonamides is 1. The second kappa shape index (κ2) is 7.92. The van der Waals surface area contributed by atoms with Crippen molar-refractivity contribution in [1.29, 1.82) is 0 Å². The van der Waals surface area contributed by atoms with Crippen molar-refractivity contribution in [2.75, 3.05) is 33.1 Å². The van der Waals surface area contributed by atoms with Gasteiger partial charge in [0.1, 0.15) is 6.04 Å². The summed E-state index contributed by atoms with van der Waals surface area (Å²) in [5.41, 5.74) is 0. The number of nitrogens with one attached hydrogen (secondary N) is 1. The van der Waals surface area contributed by atoms with Crippen molar-refractivity contribution in [1.82, 2.24) is 9.62 Å². The van der Waals surface area contributed by atoms with E-state index in [4.69, 9.17) is 9.84 Å². The minimum Gasteiger partial charge on any atom is -0.396 e. The molecule has 1 heterocycles. The highest BCUT2D eigenvalue weighted by molar-refractivity contribution is 7.88. The van der Waals surface area contributed by atoms with Crippen LogP contribution in [0.1, 0.15) is 25.7 Å². The van der Waals surface area contributed by atoms with Gasteiger partial charge in [0, 0.05) is 20.3 Å². The first-order valence-electron chi connectivity index (χ1n) is 6.77. The topological polar surface area (TPSA) is 95.9 Å². The highest BCUT2D eigenvalue weighted by Gasteiger charge is 2.35. The minimum absolute atomic E-state index is 0.0607. The van der Waals surface area contributed by atoms with Gasteiger partial charge in [0.15, 0.2) is 0 Å². The first kappa shape index (κ1) is 17.4. The summed E-state index contributed by atoms with van der Waals surface area (Å²) < 4.78 is 29.7. The second-order valence-electron chi connectivity index (χ2n) is 5.06. The molecule has 8 heteroatoms. The van der Waals surface area contributed by atoms with Crippen molar-refractivity contribution in [3.63, 3.8) is 0 Å². The minimum atomic E-state index is -3.39. The van der Waals surface area contributed by atoms with Gasteiger partial charge in [-0.3, -0.25) is 4.79 Å². The van der Waals surface area contributed by atoms with Gasteiger partial charge in [-0.25, -0.2) is 8.42 Å². The number of carbonyl (C=O) groups excluding carboxylic acids is 1. The Morgan fingerprint density at radius 2 is 2.20 bits per heavy atom. The zero-order valence-electron chi connectivity index (χ0n) is 12.0. The zero-order chi connectivity index (χ0) is 15.2. The number of piperidine rings is 1. The molecular formula is C12H24N2O5S. The van der Waals surface area contributed by atoms with Crippen molar-refractivity contribution < 1.29 is 23.1 Å². The van der Waals surface area contributed by atoms with Crippen molar-refractivity contribution in [3.05, 3.63) is 0 Å². The third-order valence-electron chi connectivity index (χ3n) is 3.37. The molecule has 1 aliphatic heterocycles. The molecule has 0 radical (unpaired) electrons. The number of carbonyl (C=O) groups is 1. The number of rotatable bonds is 7. The quantitative estimate of drug-likeness (QED) is 0.649. The third-order valence-corrected chi connectivity index (χ3v) is 4.66. The lowest BCUT2D eigenvalue weighted by Gasteiger charge is -2.33. The van der Waals surface area contributed by atoms with Crippen LogP contribution in [0.3, 0.4) is 0 Å². The molecule has 118 valence electrons. The van der Waals surface area contributed by atoms with E-state index in [1.165, 1.54) is 11.4 Å². The number of methoxy groups -OCH3 is 1. The van der Waals surface area contributed by atoms with Gasteiger partial charge < -0.3 is 15.2 Å². The maximum absolute atomic E-state index is 12.3. The van der Waals surface area contributed by atoms with E-state index in [9.17, 15) is 13.2 Å². The lowest BCUT2D eigenvalue weighted by molar-refractivity contribution is -0.126. The van der Waals surface area contributed by atoms with Crippen molar-refractivity contribution >= 4 is 15.9 Å². The average Bonchev–Trinajstić information content (AvgIpc) is 2.38. The van der Waals surface area contributed by atoms with E-state index in [1.807, 2.05) is 0 Å². The average molecular weight is 308 g/mol. The molecule has 2 N–H and O–H groups in total. The number of ether oxygens (including phenoxy) is 1. The lowest BCUT2D eigenvalue weighted by atomic mass is 10.0. The van der Waals surface area contributed by atoms with E-state index in [0.29, 0.717) is 19.4 Å². The maximum Gasteiger partial charge on any atom is 0.238 e. The SMILES string of the molecule is COCC(CCO)NC(=O)C1CCCCN1S(C)(=O)=O. The van der Waals surface area contributed by atoms with Gasteiger partial charge in [0.2, 0.25) is 15.9 Å². The Balaban J connectivity index is 2.72. The predicted octanol–water partition coefficient (Wildman–Crippen LogP) is -0.686. The zero-order valence-corrected chi connectivity index (χ0v) is 12.9. The van der Waals surface area contributed by atoms with Crippen molar-refractivity contribution in [3.8, 4) is 0 Å². The summed E-state index contributed by atoms with van der Waals surface area (Å²) in [7, 11) is -1.87. The number of amides is 1. The van der Waals surface area contributed by atoms with E-state index in [0.717, 1.165) is 19.1 Å². The molecule has 1 rings (SSSR count). The van der Waals surface area contributed by atoms with E-state index >= 15 is 0 Å². The number of aliphatic hydroxyl groups is 1. The van der Waals surface area contributed by atoms with Crippen LogP contribution in [0.5, 0.6) is 0 Å².